The van der Waals surface area contributed by atoms with E-state index in [1.54, 1.807) is 11.3 Å². The molecule has 3 rings (SSSR count). The molecule has 1 aliphatic rings. The average Bonchev–Trinajstić information content (AvgIpc) is 2.68. The zero-order chi connectivity index (χ0) is 13.1. The minimum Gasteiger partial charge on any atom is -0.368 e. The van der Waals surface area contributed by atoms with Crippen LogP contribution in [0.25, 0.3) is 10.2 Å². The Balaban J connectivity index is 1.99. The second-order valence-corrected chi connectivity index (χ2v) is 6.99. The van der Waals surface area contributed by atoms with E-state index in [2.05, 4.69) is 43.0 Å². The van der Waals surface area contributed by atoms with E-state index in [1.165, 1.54) is 0 Å². The van der Waals surface area contributed by atoms with E-state index in [4.69, 9.17) is 5.73 Å². The third-order valence-electron chi connectivity index (χ3n) is 4.64. The van der Waals surface area contributed by atoms with Gasteiger partial charge in [0, 0.05) is 6.04 Å². The van der Waals surface area contributed by atoms with Crippen LogP contribution in [0.15, 0.2) is 11.4 Å². The van der Waals surface area contributed by atoms with Crippen LogP contribution in [0.3, 0.4) is 0 Å². The molecule has 2 aromatic rings. The van der Waals surface area contributed by atoms with Crippen LogP contribution in [0, 0.1) is 10.8 Å². The van der Waals surface area contributed by atoms with Crippen molar-refractivity contribution < 1.29 is 0 Å². The predicted molar refractivity (Wildman–Crippen MR) is 76.8 cm³/mol. The molecule has 0 spiro atoms. The van der Waals surface area contributed by atoms with Gasteiger partial charge in [-0.1, -0.05) is 27.7 Å². The van der Waals surface area contributed by atoms with Gasteiger partial charge in [-0.05, 0) is 22.3 Å². The molecule has 4 nitrogen and oxygen atoms in total. The summed E-state index contributed by atoms with van der Waals surface area (Å²) in [7, 11) is 0. The van der Waals surface area contributed by atoms with Crippen LogP contribution in [-0.4, -0.2) is 16.0 Å². The number of nitrogens with one attached hydrogen (secondary N) is 1. The molecule has 2 heterocycles. The summed E-state index contributed by atoms with van der Waals surface area (Å²) in [6.07, 6.45) is 0. The molecule has 0 unspecified atom stereocenters. The monoisotopic (exact) mass is 262 g/mol. The van der Waals surface area contributed by atoms with Crippen molar-refractivity contribution in [3.8, 4) is 0 Å². The third kappa shape index (κ3) is 1.43. The van der Waals surface area contributed by atoms with E-state index < -0.39 is 0 Å². The molecule has 0 radical (unpaired) electrons. The highest BCUT2D eigenvalue weighted by molar-refractivity contribution is 7.16. The molecule has 0 aliphatic heterocycles. The van der Waals surface area contributed by atoms with Crippen LogP contribution in [-0.2, 0) is 0 Å². The van der Waals surface area contributed by atoms with Crippen LogP contribution >= 0.6 is 11.3 Å². The van der Waals surface area contributed by atoms with Gasteiger partial charge < -0.3 is 11.1 Å². The van der Waals surface area contributed by atoms with Gasteiger partial charge >= 0.3 is 0 Å². The summed E-state index contributed by atoms with van der Waals surface area (Å²) in [6, 6.07) is 2.46. The second kappa shape index (κ2) is 3.35. The number of nitrogens with two attached hydrogens (primary N) is 1. The molecule has 1 aliphatic carbocycles. The van der Waals surface area contributed by atoms with Crippen molar-refractivity contribution >= 4 is 33.3 Å². The Kier molecular flexibility index (Phi) is 2.18. The summed E-state index contributed by atoms with van der Waals surface area (Å²) < 4.78 is 0. The fourth-order valence-electron chi connectivity index (χ4n) is 2.68. The predicted octanol–water partition coefficient (Wildman–Crippen LogP) is 3.12. The number of nitrogens with zero attached hydrogens (tertiary/aromatic N) is 2. The zero-order valence-electron chi connectivity index (χ0n) is 11.1. The van der Waals surface area contributed by atoms with Gasteiger partial charge in [-0.25, -0.2) is 4.98 Å². The van der Waals surface area contributed by atoms with Crippen molar-refractivity contribution in [2.75, 3.05) is 11.1 Å². The number of anilines is 2. The first-order valence-corrected chi connectivity index (χ1v) is 6.99. The van der Waals surface area contributed by atoms with Crippen LogP contribution in [0.4, 0.5) is 11.8 Å². The van der Waals surface area contributed by atoms with Crippen molar-refractivity contribution in [3.05, 3.63) is 11.4 Å². The van der Waals surface area contributed by atoms with E-state index in [0.29, 0.717) is 12.0 Å². The molecule has 96 valence electrons. The lowest BCUT2D eigenvalue weighted by molar-refractivity contribution is 0.457. The highest BCUT2D eigenvalue weighted by Crippen LogP contribution is 2.63. The van der Waals surface area contributed by atoms with E-state index >= 15 is 0 Å². The number of nitrogen functional groups attached to an aromatic ring is 1. The van der Waals surface area contributed by atoms with Crippen molar-refractivity contribution in [2.24, 2.45) is 10.8 Å². The van der Waals surface area contributed by atoms with Gasteiger partial charge in [0.15, 0.2) is 0 Å². The lowest BCUT2D eigenvalue weighted by atomic mass is 10.0. The third-order valence-corrected chi connectivity index (χ3v) is 5.45. The lowest BCUT2D eigenvalue weighted by Gasteiger charge is -2.09. The molecule has 18 heavy (non-hydrogen) atoms. The average molecular weight is 262 g/mol. The first-order chi connectivity index (χ1) is 8.34. The summed E-state index contributed by atoms with van der Waals surface area (Å²) in [5.41, 5.74) is 6.31. The second-order valence-electron chi connectivity index (χ2n) is 6.09. The highest BCUT2D eigenvalue weighted by atomic mass is 32.1. The molecular formula is C13H18N4S. The fraction of sp³-hybridized carbons (Fsp3) is 0.538. The normalized spacial score (nSPS) is 21.1. The maximum atomic E-state index is 5.76. The van der Waals surface area contributed by atoms with E-state index in [-0.39, 0.29) is 10.8 Å². The van der Waals surface area contributed by atoms with Crippen molar-refractivity contribution in [1.29, 1.82) is 0 Å². The number of rotatable bonds is 2. The van der Waals surface area contributed by atoms with Crippen LogP contribution in [0.5, 0.6) is 0 Å². The first-order valence-electron chi connectivity index (χ1n) is 6.11. The molecular weight excluding hydrogens is 244 g/mol. The van der Waals surface area contributed by atoms with Gasteiger partial charge in [0.2, 0.25) is 5.95 Å². The lowest BCUT2D eigenvalue weighted by Crippen LogP contribution is -2.12. The van der Waals surface area contributed by atoms with Gasteiger partial charge in [0.05, 0.1) is 5.39 Å². The van der Waals surface area contributed by atoms with Gasteiger partial charge in [-0.15, -0.1) is 11.3 Å². The van der Waals surface area contributed by atoms with Gasteiger partial charge in [0.1, 0.15) is 10.6 Å². The molecule has 0 amide bonds. The van der Waals surface area contributed by atoms with Crippen LogP contribution in [0.2, 0.25) is 0 Å². The van der Waals surface area contributed by atoms with Crippen molar-refractivity contribution in [1.82, 2.24) is 9.97 Å². The van der Waals surface area contributed by atoms with Gasteiger partial charge in [-0.3, -0.25) is 0 Å². The first kappa shape index (κ1) is 11.7. The molecule has 2 aromatic heterocycles. The maximum absolute atomic E-state index is 5.76. The largest absolute Gasteiger partial charge is 0.368 e. The Labute approximate surface area is 111 Å². The molecule has 3 N–H and O–H groups in total. The molecule has 0 atom stereocenters. The number of aromatic nitrogens is 2. The summed E-state index contributed by atoms with van der Waals surface area (Å²) in [5, 5.41) is 6.63. The van der Waals surface area contributed by atoms with Crippen molar-refractivity contribution in [2.45, 2.75) is 33.7 Å². The number of hydrogen-bond acceptors (Lipinski definition) is 5. The molecule has 0 aromatic carbocycles. The Morgan fingerprint density at radius 1 is 1.22 bits per heavy atom. The van der Waals surface area contributed by atoms with Crippen molar-refractivity contribution in [3.63, 3.8) is 0 Å². The smallest absolute Gasteiger partial charge is 0.223 e. The van der Waals surface area contributed by atoms with Gasteiger partial charge in [-0.2, -0.15) is 4.98 Å². The standard InChI is InChI=1S/C13H18N4S/c1-12(2)10(13(12,3)4)15-8-7-5-6-18-9(7)17-11(14)16-8/h5-6,10H,1-4H3,(H3,14,15,16,17). The van der Waals surface area contributed by atoms with E-state index in [1.807, 2.05) is 11.4 Å². The maximum Gasteiger partial charge on any atom is 0.223 e. The van der Waals surface area contributed by atoms with E-state index in [0.717, 1.165) is 16.0 Å². The Morgan fingerprint density at radius 2 is 1.89 bits per heavy atom. The number of hydrogen-bond donors (Lipinski definition) is 2. The quantitative estimate of drug-likeness (QED) is 0.872. The molecule has 5 heteroatoms. The zero-order valence-corrected chi connectivity index (χ0v) is 11.9. The topological polar surface area (TPSA) is 63.8 Å². The van der Waals surface area contributed by atoms with Gasteiger partial charge in [0.25, 0.3) is 0 Å². The molecule has 1 saturated carbocycles. The SMILES string of the molecule is CC1(C)C(Nc2nc(N)nc3sccc23)C1(C)C. The Hall–Kier alpha value is -1.36. The molecule has 0 saturated heterocycles. The summed E-state index contributed by atoms with van der Waals surface area (Å²) in [6.45, 7) is 9.11. The van der Waals surface area contributed by atoms with Crippen LogP contribution < -0.4 is 11.1 Å². The minimum absolute atomic E-state index is 0.273. The Bertz CT molecular complexity index is 600. The summed E-state index contributed by atoms with van der Waals surface area (Å²) in [4.78, 5) is 9.53. The summed E-state index contributed by atoms with van der Waals surface area (Å²) >= 11 is 1.59. The highest BCUT2D eigenvalue weighted by Gasteiger charge is 2.65. The number of thiophene rings is 1. The summed E-state index contributed by atoms with van der Waals surface area (Å²) in [5.74, 6) is 1.20. The number of fused-ring (bicyclic) bond motifs is 1. The molecule has 1 fully saturated rings. The fourth-order valence-corrected chi connectivity index (χ4v) is 3.45. The van der Waals surface area contributed by atoms with E-state index in [9.17, 15) is 0 Å². The minimum atomic E-state index is 0.273. The Morgan fingerprint density at radius 3 is 2.50 bits per heavy atom. The molecule has 0 bridgehead atoms. The van der Waals surface area contributed by atoms with Crippen LogP contribution in [0.1, 0.15) is 27.7 Å².